The van der Waals surface area contributed by atoms with Gasteiger partial charge >= 0.3 is 0 Å². The van der Waals surface area contributed by atoms with Crippen LogP contribution in [-0.4, -0.2) is 7.05 Å². The summed E-state index contributed by atoms with van der Waals surface area (Å²) in [4.78, 5) is 1.87. The molecule has 0 spiro atoms. The number of benzene rings is 4. The van der Waals surface area contributed by atoms with Crippen molar-refractivity contribution in [2.24, 2.45) is 0 Å². The van der Waals surface area contributed by atoms with E-state index in [1.807, 2.05) is 127 Å². The van der Waals surface area contributed by atoms with Gasteiger partial charge < -0.3 is 14.4 Å². The van der Waals surface area contributed by atoms with E-state index in [4.69, 9.17) is 9.47 Å². The molecule has 4 aromatic carbocycles. The normalized spacial score (nSPS) is 10.9. The molecule has 4 heteroatoms. The first-order valence-electron chi connectivity index (χ1n) is 11.1. The molecule has 0 saturated carbocycles. The Balaban J connectivity index is 1.59. The number of anilines is 1. The molecule has 4 rings (SSSR count). The van der Waals surface area contributed by atoms with Gasteiger partial charge in [0.05, 0.1) is 0 Å². The molecule has 0 bridgehead atoms. The Morgan fingerprint density at radius 2 is 1.26 bits per heavy atom. The van der Waals surface area contributed by atoms with E-state index in [0.717, 1.165) is 22.4 Å². The van der Waals surface area contributed by atoms with Gasteiger partial charge in [0.15, 0.2) is 11.5 Å². The fourth-order valence-electron chi connectivity index (χ4n) is 3.47. The SMILES string of the molecule is CN(/C(C#N)=C\c1ccc(OCc2ccccc2)c(OCc2ccccc2)c1)c1ccccc1. The molecule has 0 aliphatic rings. The van der Waals surface area contributed by atoms with Gasteiger partial charge in [0.1, 0.15) is 25.0 Å². The van der Waals surface area contributed by atoms with Crippen LogP contribution in [0.5, 0.6) is 11.5 Å². The fraction of sp³-hybridized carbons (Fsp3) is 0.100. The molecule has 0 heterocycles. The van der Waals surface area contributed by atoms with E-state index in [1.54, 1.807) is 0 Å². The van der Waals surface area contributed by atoms with Gasteiger partial charge in [0.25, 0.3) is 0 Å². The van der Waals surface area contributed by atoms with Crippen molar-refractivity contribution >= 4 is 11.8 Å². The van der Waals surface area contributed by atoms with Crippen LogP contribution in [0.4, 0.5) is 5.69 Å². The summed E-state index contributed by atoms with van der Waals surface area (Å²) in [5.74, 6) is 1.29. The second-order valence-corrected chi connectivity index (χ2v) is 7.79. The van der Waals surface area contributed by atoms with Gasteiger partial charge in [-0.25, -0.2) is 0 Å². The van der Waals surface area contributed by atoms with Crippen LogP contribution in [0.25, 0.3) is 6.08 Å². The number of hydrogen-bond donors (Lipinski definition) is 0. The summed E-state index contributed by atoms with van der Waals surface area (Å²) < 4.78 is 12.3. The standard InChI is InChI=1S/C30H26N2O2/c1-32(27-15-9-4-10-16-27)28(21-31)19-26-17-18-29(33-22-24-11-5-2-6-12-24)30(20-26)34-23-25-13-7-3-8-14-25/h2-20H,22-23H2,1H3/b28-19-. The summed E-state index contributed by atoms with van der Waals surface area (Å²) in [5, 5.41) is 9.79. The van der Waals surface area contributed by atoms with Crippen LogP contribution < -0.4 is 14.4 Å². The third-order valence-electron chi connectivity index (χ3n) is 5.36. The Bertz CT molecular complexity index is 1260. The molecule has 34 heavy (non-hydrogen) atoms. The van der Waals surface area contributed by atoms with Crippen molar-refractivity contribution in [1.29, 1.82) is 5.26 Å². The molecule has 0 unspecified atom stereocenters. The van der Waals surface area contributed by atoms with E-state index < -0.39 is 0 Å². The van der Waals surface area contributed by atoms with Gasteiger partial charge in [0, 0.05) is 12.7 Å². The molecule has 0 N–H and O–H groups in total. The third-order valence-corrected chi connectivity index (χ3v) is 5.36. The zero-order chi connectivity index (χ0) is 23.6. The summed E-state index contributed by atoms with van der Waals surface area (Å²) in [6, 6.07) is 37.9. The summed E-state index contributed by atoms with van der Waals surface area (Å²) in [5.41, 5.74) is 4.47. The zero-order valence-electron chi connectivity index (χ0n) is 19.1. The van der Waals surface area contributed by atoms with Gasteiger partial charge in [-0.3, -0.25) is 0 Å². The highest BCUT2D eigenvalue weighted by molar-refractivity contribution is 5.67. The predicted octanol–water partition coefficient (Wildman–Crippen LogP) is 6.85. The van der Waals surface area contributed by atoms with E-state index in [2.05, 4.69) is 6.07 Å². The van der Waals surface area contributed by atoms with Crippen LogP contribution in [-0.2, 0) is 13.2 Å². The maximum absolute atomic E-state index is 9.79. The summed E-state index contributed by atoms with van der Waals surface area (Å²) in [7, 11) is 1.88. The Labute approximate surface area is 200 Å². The molecule has 4 nitrogen and oxygen atoms in total. The lowest BCUT2D eigenvalue weighted by atomic mass is 10.1. The number of para-hydroxylation sites is 1. The van der Waals surface area contributed by atoms with Crippen LogP contribution in [0.1, 0.15) is 16.7 Å². The summed E-state index contributed by atoms with van der Waals surface area (Å²) in [6.07, 6.45) is 1.85. The first kappa shape index (κ1) is 22.7. The van der Waals surface area contributed by atoms with Crippen molar-refractivity contribution in [3.8, 4) is 17.6 Å². The fourth-order valence-corrected chi connectivity index (χ4v) is 3.47. The van der Waals surface area contributed by atoms with E-state index in [9.17, 15) is 5.26 Å². The molecule has 0 amide bonds. The van der Waals surface area contributed by atoms with E-state index in [-0.39, 0.29) is 0 Å². The zero-order valence-corrected chi connectivity index (χ0v) is 19.1. The molecule has 0 atom stereocenters. The Morgan fingerprint density at radius 3 is 1.82 bits per heavy atom. The second kappa shape index (κ2) is 11.4. The minimum atomic E-state index is 0.421. The Kier molecular flexibility index (Phi) is 7.61. The van der Waals surface area contributed by atoms with Gasteiger partial charge in [-0.05, 0) is 47.0 Å². The molecule has 0 fully saturated rings. The van der Waals surface area contributed by atoms with Crippen molar-refractivity contribution < 1.29 is 9.47 Å². The van der Waals surface area contributed by atoms with Crippen LogP contribution in [0.3, 0.4) is 0 Å². The minimum Gasteiger partial charge on any atom is -0.485 e. The predicted molar refractivity (Wildman–Crippen MR) is 136 cm³/mol. The Hall–Kier alpha value is -4.49. The van der Waals surface area contributed by atoms with Gasteiger partial charge in [-0.2, -0.15) is 5.26 Å². The molecular formula is C30H26N2O2. The summed E-state index contributed by atoms with van der Waals surface area (Å²) >= 11 is 0. The monoisotopic (exact) mass is 446 g/mol. The van der Waals surface area contributed by atoms with E-state index in [0.29, 0.717) is 30.4 Å². The number of rotatable bonds is 9. The molecular weight excluding hydrogens is 420 g/mol. The highest BCUT2D eigenvalue weighted by Gasteiger charge is 2.10. The smallest absolute Gasteiger partial charge is 0.162 e. The molecule has 0 saturated heterocycles. The number of nitrogens with zero attached hydrogens (tertiary/aromatic N) is 2. The lowest BCUT2D eigenvalue weighted by molar-refractivity contribution is 0.256. The average molecular weight is 447 g/mol. The lowest BCUT2D eigenvalue weighted by Crippen LogP contribution is -2.14. The van der Waals surface area contributed by atoms with Crippen molar-refractivity contribution in [2.45, 2.75) is 13.2 Å². The van der Waals surface area contributed by atoms with Crippen molar-refractivity contribution in [3.63, 3.8) is 0 Å². The van der Waals surface area contributed by atoms with Gasteiger partial charge in [0.2, 0.25) is 0 Å². The second-order valence-electron chi connectivity index (χ2n) is 7.79. The van der Waals surface area contributed by atoms with Gasteiger partial charge in [-0.15, -0.1) is 0 Å². The van der Waals surface area contributed by atoms with E-state index >= 15 is 0 Å². The largest absolute Gasteiger partial charge is 0.485 e. The first-order valence-corrected chi connectivity index (χ1v) is 11.1. The van der Waals surface area contributed by atoms with Crippen molar-refractivity contribution in [2.75, 3.05) is 11.9 Å². The maximum Gasteiger partial charge on any atom is 0.162 e. The lowest BCUT2D eigenvalue weighted by Gasteiger charge is -2.18. The molecule has 0 radical (unpaired) electrons. The number of nitriles is 1. The average Bonchev–Trinajstić information content (AvgIpc) is 2.91. The highest BCUT2D eigenvalue weighted by atomic mass is 16.5. The Morgan fingerprint density at radius 1 is 0.735 bits per heavy atom. The topological polar surface area (TPSA) is 45.5 Å². The molecule has 0 aromatic heterocycles. The quantitative estimate of drug-likeness (QED) is 0.264. The highest BCUT2D eigenvalue weighted by Crippen LogP contribution is 2.31. The van der Waals surface area contributed by atoms with Gasteiger partial charge in [-0.1, -0.05) is 84.9 Å². The maximum atomic E-state index is 9.79. The number of ether oxygens (including phenoxy) is 2. The van der Waals surface area contributed by atoms with Crippen LogP contribution in [0.15, 0.2) is 115 Å². The number of allylic oxidation sites excluding steroid dienone is 1. The van der Waals surface area contributed by atoms with Crippen LogP contribution in [0.2, 0.25) is 0 Å². The molecule has 0 aliphatic heterocycles. The first-order chi connectivity index (χ1) is 16.7. The third kappa shape index (κ3) is 6.05. The minimum absolute atomic E-state index is 0.421. The van der Waals surface area contributed by atoms with Crippen molar-refractivity contribution in [3.05, 3.63) is 132 Å². The number of hydrogen-bond acceptors (Lipinski definition) is 4. The molecule has 168 valence electrons. The molecule has 4 aromatic rings. The van der Waals surface area contributed by atoms with Crippen LogP contribution in [0, 0.1) is 11.3 Å². The van der Waals surface area contributed by atoms with Crippen molar-refractivity contribution in [1.82, 2.24) is 0 Å². The van der Waals surface area contributed by atoms with E-state index in [1.165, 1.54) is 0 Å². The summed E-state index contributed by atoms with van der Waals surface area (Å²) in [6.45, 7) is 0.864. The van der Waals surface area contributed by atoms with Crippen LogP contribution >= 0.6 is 0 Å². The molecule has 0 aliphatic carbocycles.